The summed E-state index contributed by atoms with van der Waals surface area (Å²) in [6, 6.07) is 14.9. The third kappa shape index (κ3) is 8.24. The lowest BCUT2D eigenvalue weighted by Gasteiger charge is -2.24. The van der Waals surface area contributed by atoms with E-state index < -0.39 is 29.0 Å². The van der Waals surface area contributed by atoms with E-state index in [1.54, 1.807) is 0 Å². The van der Waals surface area contributed by atoms with Crippen LogP contribution in [0.4, 0.5) is 35.0 Å². The summed E-state index contributed by atoms with van der Waals surface area (Å²) in [6.45, 7) is -0.108. The number of carbonyl (C=O) groups excluding carboxylic acids is 2. The number of nitrogens with one attached hydrogen (secondary N) is 3. The Morgan fingerprint density at radius 1 is 1.08 bits per heavy atom. The number of nitrogens with zero attached hydrogens (tertiary/aromatic N) is 4. The quantitative estimate of drug-likeness (QED) is 0.104. The van der Waals surface area contributed by atoms with Crippen LogP contribution >= 0.6 is 0 Å². The lowest BCUT2D eigenvalue weighted by atomic mass is 10.1. The number of anilines is 2. The molecule has 0 unspecified atom stereocenters. The van der Waals surface area contributed by atoms with Gasteiger partial charge in [-0.3, -0.25) is 25.1 Å². The number of alkyl halides is 3. The second-order valence-corrected chi connectivity index (χ2v) is 7.60. The number of halogens is 3. The monoisotopic (exact) mass is 544 g/mol. The SMILES string of the molecule is N=NN=C(N)NC(=O)c1ccc(CN(C(=O)Nc2cccc([N+](=O)[O-])c2)c2ccc(OC(F)(F)F)cc2)cc1. The summed E-state index contributed by atoms with van der Waals surface area (Å²) in [4.78, 5) is 37.0. The molecule has 0 bridgehead atoms. The van der Waals surface area contributed by atoms with Gasteiger partial charge < -0.3 is 15.8 Å². The molecule has 0 fully saturated rings. The Balaban J connectivity index is 1.86. The van der Waals surface area contributed by atoms with Crippen molar-refractivity contribution in [2.24, 2.45) is 16.1 Å². The van der Waals surface area contributed by atoms with E-state index >= 15 is 0 Å². The van der Waals surface area contributed by atoms with E-state index in [0.717, 1.165) is 18.2 Å². The molecule has 39 heavy (non-hydrogen) atoms. The highest BCUT2D eigenvalue weighted by molar-refractivity contribution is 6.05. The summed E-state index contributed by atoms with van der Waals surface area (Å²) in [5.74, 6) is -1.52. The Hall–Kier alpha value is -5.54. The van der Waals surface area contributed by atoms with E-state index in [1.807, 2.05) is 0 Å². The number of ether oxygens (including phenoxy) is 1. The fourth-order valence-corrected chi connectivity index (χ4v) is 3.21. The number of amides is 3. The lowest BCUT2D eigenvalue weighted by molar-refractivity contribution is -0.384. The van der Waals surface area contributed by atoms with Gasteiger partial charge in [0, 0.05) is 29.1 Å². The molecule has 0 aliphatic carbocycles. The fraction of sp³-hybridized carbons (Fsp3) is 0.0870. The molecule has 0 heterocycles. The van der Waals surface area contributed by atoms with E-state index in [0.29, 0.717) is 5.56 Å². The summed E-state index contributed by atoms with van der Waals surface area (Å²) in [5, 5.41) is 21.7. The number of nitro groups is 1. The van der Waals surface area contributed by atoms with Crippen LogP contribution < -0.4 is 26.0 Å². The molecule has 0 saturated carbocycles. The predicted molar refractivity (Wildman–Crippen MR) is 132 cm³/mol. The van der Waals surface area contributed by atoms with Crippen molar-refractivity contribution in [3.63, 3.8) is 0 Å². The van der Waals surface area contributed by atoms with E-state index in [-0.39, 0.29) is 35.1 Å². The van der Waals surface area contributed by atoms with Gasteiger partial charge in [-0.05, 0) is 53.3 Å². The minimum absolute atomic E-state index is 0.108. The molecule has 3 amide bonds. The van der Waals surface area contributed by atoms with Gasteiger partial charge in [0.25, 0.3) is 11.6 Å². The summed E-state index contributed by atoms with van der Waals surface area (Å²) < 4.78 is 41.5. The maximum atomic E-state index is 13.2. The molecular formula is C23H19F3N8O5. The first-order chi connectivity index (χ1) is 18.4. The molecule has 0 spiro atoms. The highest BCUT2D eigenvalue weighted by Gasteiger charge is 2.31. The third-order valence-corrected chi connectivity index (χ3v) is 4.89. The van der Waals surface area contributed by atoms with Crippen molar-refractivity contribution in [1.29, 1.82) is 5.53 Å². The van der Waals surface area contributed by atoms with Crippen LogP contribution in [0.15, 0.2) is 83.1 Å². The van der Waals surface area contributed by atoms with Crippen LogP contribution in [0.3, 0.4) is 0 Å². The Kier molecular flexibility index (Phi) is 8.72. The predicted octanol–water partition coefficient (Wildman–Crippen LogP) is 4.72. The van der Waals surface area contributed by atoms with Gasteiger partial charge >= 0.3 is 12.4 Å². The number of urea groups is 1. The number of hydrogen-bond acceptors (Lipinski definition) is 7. The van der Waals surface area contributed by atoms with E-state index in [2.05, 4.69) is 25.7 Å². The van der Waals surface area contributed by atoms with Crippen LogP contribution in [0.1, 0.15) is 15.9 Å². The second kappa shape index (κ2) is 12.1. The molecule has 0 atom stereocenters. The Labute approximate surface area is 217 Å². The first-order valence-electron chi connectivity index (χ1n) is 10.7. The maximum Gasteiger partial charge on any atom is 0.573 e. The van der Waals surface area contributed by atoms with Crippen LogP contribution in [-0.2, 0) is 6.54 Å². The third-order valence-electron chi connectivity index (χ3n) is 4.89. The number of hydrogen-bond donors (Lipinski definition) is 4. The van der Waals surface area contributed by atoms with E-state index in [4.69, 9.17) is 11.3 Å². The molecule has 0 aliphatic heterocycles. The number of nitrogens with two attached hydrogens (primary N) is 1. The molecule has 0 radical (unpaired) electrons. The normalized spacial score (nSPS) is 11.3. The van der Waals surface area contributed by atoms with E-state index in [9.17, 15) is 32.9 Å². The highest BCUT2D eigenvalue weighted by Crippen LogP contribution is 2.27. The molecule has 202 valence electrons. The zero-order valence-corrected chi connectivity index (χ0v) is 19.7. The number of non-ortho nitro benzene ring substituents is 1. The van der Waals surface area contributed by atoms with Gasteiger partial charge in [0.05, 0.1) is 11.5 Å². The van der Waals surface area contributed by atoms with Crippen molar-refractivity contribution >= 4 is 35.0 Å². The zero-order valence-electron chi connectivity index (χ0n) is 19.7. The average molecular weight is 544 g/mol. The number of carbonyl (C=O) groups is 2. The summed E-state index contributed by atoms with van der Waals surface area (Å²) in [7, 11) is 0. The fourth-order valence-electron chi connectivity index (χ4n) is 3.21. The molecule has 0 aliphatic rings. The van der Waals surface area contributed by atoms with Gasteiger partial charge in [-0.25, -0.2) is 4.79 Å². The van der Waals surface area contributed by atoms with Gasteiger partial charge in [0.2, 0.25) is 5.96 Å². The zero-order chi connectivity index (χ0) is 28.6. The van der Waals surface area contributed by atoms with Crippen LogP contribution in [-0.4, -0.2) is 29.2 Å². The van der Waals surface area contributed by atoms with Crippen molar-refractivity contribution in [2.45, 2.75) is 12.9 Å². The molecule has 3 rings (SSSR count). The molecule has 0 saturated heterocycles. The standard InChI is InChI=1S/C23H19F3N8O5/c24-23(25,26)39-19-10-8-17(9-11-19)33(22(36)29-16-2-1-3-18(12-16)34(37)38)13-14-4-6-15(7-5-14)20(35)30-21(27)31-32-28/h1-12H,13H2,(H,29,36)(H4,27,28,30,31,35). The Morgan fingerprint density at radius 2 is 1.74 bits per heavy atom. The van der Waals surface area contributed by atoms with Gasteiger partial charge in [0.15, 0.2) is 0 Å². The highest BCUT2D eigenvalue weighted by atomic mass is 19.4. The van der Waals surface area contributed by atoms with Crippen molar-refractivity contribution in [3.05, 3.63) is 94.0 Å². The first-order valence-corrected chi connectivity index (χ1v) is 10.7. The minimum Gasteiger partial charge on any atom is -0.406 e. The number of rotatable bonds is 8. The summed E-state index contributed by atoms with van der Waals surface area (Å²) in [5.41, 5.74) is 12.7. The molecule has 3 aromatic carbocycles. The average Bonchev–Trinajstić information content (AvgIpc) is 2.87. The lowest BCUT2D eigenvalue weighted by Crippen LogP contribution is -2.36. The van der Waals surface area contributed by atoms with Crippen molar-refractivity contribution in [1.82, 2.24) is 5.32 Å². The van der Waals surface area contributed by atoms with Gasteiger partial charge in [-0.2, -0.15) is 5.53 Å². The number of benzene rings is 3. The van der Waals surface area contributed by atoms with Crippen LogP contribution in [0.2, 0.25) is 0 Å². The molecule has 13 nitrogen and oxygen atoms in total. The molecular weight excluding hydrogens is 525 g/mol. The van der Waals surface area contributed by atoms with Crippen molar-refractivity contribution in [2.75, 3.05) is 10.2 Å². The molecule has 3 aromatic rings. The Morgan fingerprint density at radius 3 is 2.33 bits per heavy atom. The molecule has 16 heteroatoms. The smallest absolute Gasteiger partial charge is 0.406 e. The number of nitro benzene ring substituents is 1. The Bertz CT molecular complexity index is 1400. The largest absolute Gasteiger partial charge is 0.573 e. The van der Waals surface area contributed by atoms with Gasteiger partial charge in [-0.1, -0.05) is 23.3 Å². The second-order valence-electron chi connectivity index (χ2n) is 7.60. The van der Waals surface area contributed by atoms with E-state index in [1.165, 1.54) is 59.5 Å². The molecule has 0 aromatic heterocycles. The summed E-state index contributed by atoms with van der Waals surface area (Å²) >= 11 is 0. The van der Waals surface area contributed by atoms with Crippen molar-refractivity contribution in [3.8, 4) is 5.75 Å². The minimum atomic E-state index is -4.90. The first kappa shape index (κ1) is 28.0. The van der Waals surface area contributed by atoms with Crippen LogP contribution in [0.25, 0.3) is 0 Å². The van der Waals surface area contributed by atoms with Crippen LogP contribution in [0, 0.1) is 15.6 Å². The maximum absolute atomic E-state index is 13.2. The van der Waals surface area contributed by atoms with Crippen molar-refractivity contribution < 1.29 is 32.4 Å². The number of guanidine groups is 1. The topological polar surface area (TPSA) is 188 Å². The van der Waals surface area contributed by atoms with Gasteiger partial charge in [-0.15, -0.1) is 13.2 Å². The molecule has 5 N–H and O–H groups in total. The van der Waals surface area contributed by atoms with Gasteiger partial charge in [0.1, 0.15) is 5.75 Å². The summed E-state index contributed by atoms with van der Waals surface area (Å²) in [6.07, 6.45) is -4.90. The van der Waals surface area contributed by atoms with Crippen LogP contribution in [0.5, 0.6) is 5.75 Å².